The molecule has 2 amide bonds. The molecular formula is C19H24N2O4S. The topological polar surface area (TPSA) is 75.7 Å². The lowest BCUT2D eigenvalue weighted by atomic mass is 10.0. The number of benzene rings is 1. The van der Waals surface area contributed by atoms with Crippen LogP contribution in [0.25, 0.3) is 0 Å². The maximum Gasteiger partial charge on any atom is 0.330 e. The Labute approximate surface area is 157 Å². The fraction of sp³-hybridized carbons (Fsp3) is 0.526. The molecule has 2 heterocycles. The number of rotatable bonds is 6. The van der Waals surface area contributed by atoms with E-state index in [9.17, 15) is 14.4 Å². The van der Waals surface area contributed by atoms with Crippen molar-refractivity contribution < 1.29 is 19.1 Å². The third kappa shape index (κ3) is 3.58. The summed E-state index contributed by atoms with van der Waals surface area (Å²) >= 11 is 1.61. The Hall–Kier alpha value is -2.02. The first-order chi connectivity index (χ1) is 12.4. The molecule has 7 heteroatoms. The number of amides is 2. The van der Waals surface area contributed by atoms with Gasteiger partial charge in [0, 0.05) is 18.7 Å². The molecule has 140 valence electrons. The number of esters is 1. The number of fused-ring (bicyclic) bond motifs is 1. The van der Waals surface area contributed by atoms with E-state index in [1.165, 1.54) is 0 Å². The van der Waals surface area contributed by atoms with Gasteiger partial charge >= 0.3 is 5.97 Å². The fourth-order valence-electron chi connectivity index (χ4n) is 3.42. The van der Waals surface area contributed by atoms with Crippen LogP contribution >= 0.6 is 11.8 Å². The lowest BCUT2D eigenvalue weighted by Gasteiger charge is -2.33. The zero-order valence-corrected chi connectivity index (χ0v) is 15.9. The summed E-state index contributed by atoms with van der Waals surface area (Å²) in [6.45, 7) is 4.21. The monoisotopic (exact) mass is 376 g/mol. The van der Waals surface area contributed by atoms with Gasteiger partial charge in [0.2, 0.25) is 5.91 Å². The summed E-state index contributed by atoms with van der Waals surface area (Å²) in [4.78, 5) is 38.0. The molecule has 0 unspecified atom stereocenters. The number of thioether (sulfide) groups is 1. The van der Waals surface area contributed by atoms with Crippen LogP contribution < -0.4 is 5.32 Å². The quantitative estimate of drug-likeness (QED) is 0.768. The molecule has 0 aliphatic carbocycles. The molecular weight excluding hydrogens is 352 g/mol. The van der Waals surface area contributed by atoms with E-state index in [1.807, 2.05) is 44.2 Å². The van der Waals surface area contributed by atoms with E-state index in [1.54, 1.807) is 16.7 Å². The molecule has 0 aromatic heterocycles. The van der Waals surface area contributed by atoms with Gasteiger partial charge in [-0.25, -0.2) is 4.79 Å². The van der Waals surface area contributed by atoms with Crippen molar-refractivity contribution in [1.82, 2.24) is 10.2 Å². The van der Waals surface area contributed by atoms with Gasteiger partial charge in [0.25, 0.3) is 5.91 Å². The third-order valence-electron chi connectivity index (χ3n) is 4.68. The first-order valence-electron chi connectivity index (χ1n) is 8.89. The van der Waals surface area contributed by atoms with Gasteiger partial charge in [-0.3, -0.25) is 9.59 Å². The normalized spacial score (nSPS) is 24.7. The number of nitrogens with zero attached hydrogens (tertiary/aromatic N) is 1. The molecule has 3 rings (SSSR count). The average molecular weight is 376 g/mol. The van der Waals surface area contributed by atoms with Crippen LogP contribution in [0, 0.1) is 5.92 Å². The predicted molar refractivity (Wildman–Crippen MR) is 99.3 cm³/mol. The molecule has 0 radical (unpaired) electrons. The van der Waals surface area contributed by atoms with Gasteiger partial charge in [-0.05, 0) is 17.9 Å². The van der Waals surface area contributed by atoms with Gasteiger partial charge < -0.3 is 15.0 Å². The van der Waals surface area contributed by atoms with Crippen molar-refractivity contribution in [1.29, 1.82) is 0 Å². The van der Waals surface area contributed by atoms with Crippen LogP contribution in [0.4, 0.5) is 0 Å². The zero-order valence-electron chi connectivity index (χ0n) is 15.1. The number of hydrogen-bond donors (Lipinski definition) is 1. The molecule has 6 nitrogen and oxygen atoms in total. The Morgan fingerprint density at radius 3 is 2.77 bits per heavy atom. The summed E-state index contributed by atoms with van der Waals surface area (Å²) in [5, 5.41) is 2.71. The lowest BCUT2D eigenvalue weighted by Crippen LogP contribution is -2.47. The van der Waals surface area contributed by atoms with E-state index in [0.29, 0.717) is 31.1 Å². The standard InChI is InChI=1S/C19H24N2O4S/c1-13(2)10-20-16(22)11-25-18(24)15-12-26-19(9-8-17(23)21(15)19)14-6-4-3-5-7-14/h3-7,13,15H,8-12H2,1-2H3,(H,20,22)/t15-,19-/m0/s1. The molecule has 1 aromatic rings. The molecule has 0 saturated carbocycles. The van der Waals surface area contributed by atoms with Crippen LogP contribution in [-0.4, -0.2) is 47.6 Å². The molecule has 2 fully saturated rings. The highest BCUT2D eigenvalue weighted by molar-refractivity contribution is 8.00. The highest BCUT2D eigenvalue weighted by atomic mass is 32.2. The van der Waals surface area contributed by atoms with Crippen molar-refractivity contribution in [2.75, 3.05) is 18.9 Å². The molecule has 0 spiro atoms. The lowest BCUT2D eigenvalue weighted by molar-refractivity contribution is -0.156. The third-order valence-corrected chi connectivity index (χ3v) is 6.27. The highest BCUT2D eigenvalue weighted by Crippen LogP contribution is 2.54. The van der Waals surface area contributed by atoms with Gasteiger partial charge in [-0.15, -0.1) is 11.8 Å². The summed E-state index contributed by atoms with van der Waals surface area (Å²) < 4.78 is 5.20. The molecule has 2 aliphatic heterocycles. The molecule has 2 saturated heterocycles. The molecule has 2 aliphatic rings. The van der Waals surface area contributed by atoms with Gasteiger partial charge in [-0.1, -0.05) is 44.2 Å². The second kappa shape index (κ2) is 7.70. The fourth-order valence-corrected chi connectivity index (χ4v) is 5.05. The van der Waals surface area contributed by atoms with Crippen LogP contribution in [0.5, 0.6) is 0 Å². The Bertz CT molecular complexity index is 694. The highest BCUT2D eigenvalue weighted by Gasteiger charge is 2.57. The van der Waals surface area contributed by atoms with Crippen LogP contribution in [0.3, 0.4) is 0 Å². The van der Waals surface area contributed by atoms with Crippen LogP contribution in [-0.2, 0) is 24.0 Å². The van der Waals surface area contributed by atoms with Gasteiger partial charge in [0.05, 0.1) is 0 Å². The summed E-state index contributed by atoms with van der Waals surface area (Å²) in [7, 11) is 0. The molecule has 1 N–H and O–H groups in total. The van der Waals surface area contributed by atoms with E-state index < -0.39 is 16.9 Å². The largest absolute Gasteiger partial charge is 0.454 e. The van der Waals surface area contributed by atoms with Crippen molar-refractivity contribution in [2.45, 2.75) is 37.6 Å². The minimum atomic E-state index is -0.645. The van der Waals surface area contributed by atoms with E-state index >= 15 is 0 Å². The molecule has 0 bridgehead atoms. The first kappa shape index (κ1) is 18.8. The maximum atomic E-state index is 12.5. The minimum absolute atomic E-state index is 0.0370. The van der Waals surface area contributed by atoms with Gasteiger partial charge in [-0.2, -0.15) is 0 Å². The second-order valence-electron chi connectivity index (χ2n) is 7.05. The van der Waals surface area contributed by atoms with Crippen molar-refractivity contribution in [3.8, 4) is 0 Å². The minimum Gasteiger partial charge on any atom is -0.454 e. The van der Waals surface area contributed by atoms with E-state index in [4.69, 9.17) is 4.74 Å². The number of carbonyl (C=O) groups excluding carboxylic acids is 3. The summed E-state index contributed by atoms with van der Waals surface area (Å²) in [6.07, 6.45) is 1.10. The second-order valence-corrected chi connectivity index (χ2v) is 8.34. The number of carbonyl (C=O) groups is 3. The number of hydrogen-bond acceptors (Lipinski definition) is 5. The van der Waals surface area contributed by atoms with Crippen molar-refractivity contribution >= 4 is 29.5 Å². The first-order valence-corrected chi connectivity index (χ1v) is 9.87. The van der Waals surface area contributed by atoms with Crippen LogP contribution in [0.15, 0.2) is 30.3 Å². The SMILES string of the molecule is CC(C)CNC(=O)COC(=O)[C@@H]1CS[C@]2(c3ccccc3)CCC(=O)N12. The number of nitrogens with one attached hydrogen (secondary N) is 1. The number of ether oxygens (including phenoxy) is 1. The smallest absolute Gasteiger partial charge is 0.330 e. The van der Waals surface area contributed by atoms with Crippen molar-refractivity contribution in [3.05, 3.63) is 35.9 Å². The molecule has 26 heavy (non-hydrogen) atoms. The summed E-state index contributed by atoms with van der Waals surface area (Å²) in [6, 6.07) is 9.15. The van der Waals surface area contributed by atoms with Crippen LogP contribution in [0.1, 0.15) is 32.3 Å². The van der Waals surface area contributed by atoms with Gasteiger partial charge in [0.1, 0.15) is 10.9 Å². The average Bonchev–Trinajstić information content (AvgIpc) is 3.18. The van der Waals surface area contributed by atoms with E-state index in [2.05, 4.69) is 5.32 Å². The van der Waals surface area contributed by atoms with Gasteiger partial charge in [0.15, 0.2) is 6.61 Å². The Balaban J connectivity index is 1.67. The zero-order chi connectivity index (χ0) is 18.7. The predicted octanol–water partition coefficient (Wildman–Crippen LogP) is 1.89. The van der Waals surface area contributed by atoms with Crippen molar-refractivity contribution in [2.24, 2.45) is 5.92 Å². The Morgan fingerprint density at radius 2 is 2.08 bits per heavy atom. The summed E-state index contributed by atoms with van der Waals surface area (Å²) in [5.41, 5.74) is 1.03. The van der Waals surface area contributed by atoms with Crippen LogP contribution in [0.2, 0.25) is 0 Å². The Morgan fingerprint density at radius 1 is 1.35 bits per heavy atom. The molecule has 1 aromatic carbocycles. The maximum absolute atomic E-state index is 12.5. The van der Waals surface area contributed by atoms with E-state index in [-0.39, 0.29) is 18.4 Å². The molecule has 2 atom stereocenters. The Kier molecular flexibility index (Phi) is 5.55. The summed E-state index contributed by atoms with van der Waals surface area (Å²) in [5.74, 6) is -0.0581. The van der Waals surface area contributed by atoms with E-state index in [0.717, 1.165) is 5.56 Å². The van der Waals surface area contributed by atoms with Crippen molar-refractivity contribution in [3.63, 3.8) is 0 Å².